The van der Waals surface area contributed by atoms with Crippen molar-refractivity contribution < 1.29 is 9.53 Å². The van der Waals surface area contributed by atoms with Gasteiger partial charge in [0.1, 0.15) is 6.33 Å². The number of piperazine rings is 1. The van der Waals surface area contributed by atoms with Gasteiger partial charge in [-0.15, -0.1) is 5.10 Å². The van der Waals surface area contributed by atoms with Gasteiger partial charge in [0.25, 0.3) is 0 Å². The van der Waals surface area contributed by atoms with Crippen LogP contribution < -0.4 is 0 Å². The fraction of sp³-hybridized carbons (Fsp3) is 0.478. The van der Waals surface area contributed by atoms with Gasteiger partial charge in [0.15, 0.2) is 5.82 Å². The number of carbonyl (C=O) groups excluding carboxylic acids is 1. The van der Waals surface area contributed by atoms with Crippen molar-refractivity contribution in [3.05, 3.63) is 57.6 Å². The number of amides is 1. The minimum atomic E-state index is -0.144. The third-order valence-electron chi connectivity index (χ3n) is 7.23. The Morgan fingerprint density at radius 3 is 2.97 bits per heavy atom. The van der Waals surface area contributed by atoms with Gasteiger partial charge < -0.3 is 9.64 Å². The van der Waals surface area contributed by atoms with Crippen LogP contribution in [0.1, 0.15) is 40.8 Å². The first-order valence-electron chi connectivity index (χ1n) is 11.5. The van der Waals surface area contributed by atoms with Gasteiger partial charge in [-0.1, -0.05) is 6.07 Å². The van der Waals surface area contributed by atoms with E-state index in [9.17, 15) is 4.79 Å². The molecule has 11 heteroatoms. The van der Waals surface area contributed by atoms with E-state index in [0.717, 1.165) is 59.9 Å². The lowest BCUT2D eigenvalue weighted by atomic mass is 9.99. The molecule has 3 atom stereocenters. The van der Waals surface area contributed by atoms with Gasteiger partial charge >= 0.3 is 0 Å². The lowest BCUT2D eigenvalue weighted by molar-refractivity contribution is -0.141. The summed E-state index contributed by atoms with van der Waals surface area (Å²) in [7, 11) is 0. The van der Waals surface area contributed by atoms with Crippen LogP contribution in [0.3, 0.4) is 0 Å². The molecule has 2 fully saturated rings. The van der Waals surface area contributed by atoms with Gasteiger partial charge in [-0.25, -0.2) is 9.83 Å². The molecule has 2 saturated heterocycles. The summed E-state index contributed by atoms with van der Waals surface area (Å²) >= 11 is 1.49. The number of morpholine rings is 1. The standard InChI is InChI=1S/C23H24N8O2S/c1-14-18(12-34-22(14)24-2)20-10-29-7-8-30(9-15(29)11-33-20)23(32)17-3-5-19-16(17)4-6-21(26-19)31-13-25-27-28-31/h4,6,12-13,15,17,20H,3,5,7-11H2,1H3/t15-,17?,20-/m0/s1. The van der Waals surface area contributed by atoms with E-state index in [-0.39, 0.29) is 24.0 Å². The summed E-state index contributed by atoms with van der Waals surface area (Å²) in [6.07, 6.45) is 3.08. The molecule has 6 rings (SSSR count). The Kier molecular flexibility index (Phi) is 5.36. The van der Waals surface area contributed by atoms with Crippen LogP contribution in [-0.2, 0) is 16.0 Å². The highest BCUT2D eigenvalue weighted by molar-refractivity contribution is 7.14. The van der Waals surface area contributed by atoms with Crippen molar-refractivity contribution in [2.75, 3.05) is 32.8 Å². The molecule has 3 aromatic heterocycles. The highest BCUT2D eigenvalue weighted by Crippen LogP contribution is 2.38. The van der Waals surface area contributed by atoms with Gasteiger partial charge in [0.2, 0.25) is 10.9 Å². The van der Waals surface area contributed by atoms with Gasteiger partial charge in [-0.3, -0.25) is 9.69 Å². The SMILES string of the molecule is [C-]#[N+]c1scc([C@@H]2CN3CCN(C(=O)C4CCc5nc(-n6cnnn6)ccc54)C[C@H]3CO2)c1C. The summed E-state index contributed by atoms with van der Waals surface area (Å²) in [4.78, 5) is 26.2. The lowest BCUT2D eigenvalue weighted by Gasteiger charge is -2.46. The summed E-state index contributed by atoms with van der Waals surface area (Å²) in [5, 5.41) is 14.0. The van der Waals surface area contributed by atoms with E-state index in [1.165, 1.54) is 22.3 Å². The van der Waals surface area contributed by atoms with Gasteiger partial charge in [0, 0.05) is 31.9 Å². The summed E-state index contributed by atoms with van der Waals surface area (Å²) in [5.74, 6) is 0.714. The predicted molar refractivity (Wildman–Crippen MR) is 124 cm³/mol. The Morgan fingerprint density at radius 2 is 2.18 bits per heavy atom. The van der Waals surface area contributed by atoms with Crippen molar-refractivity contribution in [1.29, 1.82) is 0 Å². The van der Waals surface area contributed by atoms with Crippen LogP contribution in [0.15, 0.2) is 23.8 Å². The molecule has 0 N–H and O–H groups in total. The van der Waals surface area contributed by atoms with Crippen LogP contribution in [-0.4, -0.2) is 79.7 Å². The van der Waals surface area contributed by atoms with E-state index in [1.54, 1.807) is 0 Å². The van der Waals surface area contributed by atoms with E-state index >= 15 is 0 Å². The second kappa shape index (κ2) is 8.54. The number of aromatic nitrogens is 5. The van der Waals surface area contributed by atoms with Crippen LogP contribution in [0.4, 0.5) is 5.00 Å². The number of carbonyl (C=O) groups is 1. The predicted octanol–water partition coefficient (Wildman–Crippen LogP) is 2.29. The van der Waals surface area contributed by atoms with Crippen molar-refractivity contribution in [2.45, 2.75) is 37.8 Å². The maximum Gasteiger partial charge on any atom is 0.244 e. The van der Waals surface area contributed by atoms with Crippen LogP contribution in [0.25, 0.3) is 10.7 Å². The highest BCUT2D eigenvalue weighted by Gasteiger charge is 2.39. The zero-order valence-electron chi connectivity index (χ0n) is 18.8. The molecule has 0 spiro atoms. The molecule has 3 aliphatic rings. The van der Waals surface area contributed by atoms with E-state index in [4.69, 9.17) is 16.3 Å². The van der Waals surface area contributed by atoms with Gasteiger partial charge in [0.05, 0.1) is 31.2 Å². The first-order chi connectivity index (χ1) is 16.6. The molecule has 0 radical (unpaired) electrons. The largest absolute Gasteiger partial charge is 0.371 e. The molecule has 1 unspecified atom stereocenters. The topological polar surface area (TPSA) is 93.6 Å². The quantitative estimate of drug-likeness (QED) is 0.536. The Labute approximate surface area is 201 Å². The van der Waals surface area contributed by atoms with Crippen molar-refractivity contribution >= 4 is 22.2 Å². The third-order valence-corrected chi connectivity index (χ3v) is 8.22. The van der Waals surface area contributed by atoms with E-state index < -0.39 is 0 Å². The Morgan fingerprint density at radius 1 is 1.26 bits per heavy atom. The Bertz CT molecular complexity index is 1270. The van der Waals surface area contributed by atoms with Gasteiger partial charge in [-0.05, 0) is 58.3 Å². The number of thiophene rings is 1. The minimum Gasteiger partial charge on any atom is -0.371 e. The molecular formula is C23H24N8O2S. The monoisotopic (exact) mass is 476 g/mol. The van der Waals surface area contributed by atoms with E-state index in [2.05, 4.69) is 30.7 Å². The van der Waals surface area contributed by atoms with Crippen molar-refractivity contribution in [1.82, 2.24) is 35.0 Å². The summed E-state index contributed by atoms with van der Waals surface area (Å²) in [6, 6.07) is 4.08. The Balaban J connectivity index is 1.12. The normalized spacial score (nSPS) is 24.5. The number of rotatable bonds is 3. The van der Waals surface area contributed by atoms with E-state index in [1.807, 2.05) is 24.0 Å². The van der Waals surface area contributed by atoms with Gasteiger partial charge in [-0.2, -0.15) is 16.0 Å². The number of fused-ring (bicyclic) bond motifs is 2. The number of hydrogen-bond acceptors (Lipinski definition) is 8. The second-order valence-electron chi connectivity index (χ2n) is 9.04. The van der Waals surface area contributed by atoms with Crippen LogP contribution in [0, 0.1) is 13.5 Å². The van der Waals surface area contributed by atoms with E-state index in [0.29, 0.717) is 19.0 Å². The summed E-state index contributed by atoms with van der Waals surface area (Å²) in [5.41, 5.74) is 4.14. The van der Waals surface area contributed by atoms with Crippen LogP contribution in [0.5, 0.6) is 0 Å². The van der Waals surface area contributed by atoms with Crippen LogP contribution >= 0.6 is 11.3 Å². The molecule has 5 heterocycles. The molecule has 3 aromatic rings. The van der Waals surface area contributed by atoms with Crippen molar-refractivity contribution in [2.24, 2.45) is 0 Å². The number of tetrazole rings is 1. The first-order valence-corrected chi connectivity index (χ1v) is 12.3. The maximum atomic E-state index is 13.5. The number of hydrogen-bond donors (Lipinski definition) is 0. The third kappa shape index (κ3) is 3.58. The van der Waals surface area contributed by atoms with Crippen molar-refractivity contribution in [3.63, 3.8) is 0 Å². The average Bonchev–Trinajstić information content (AvgIpc) is 3.62. The average molecular weight is 477 g/mol. The fourth-order valence-corrected chi connectivity index (χ4v) is 6.26. The molecule has 2 aliphatic heterocycles. The zero-order valence-corrected chi connectivity index (χ0v) is 19.6. The first kappa shape index (κ1) is 21.3. The number of aryl methyl sites for hydroxylation is 1. The number of pyridine rings is 1. The number of nitrogens with zero attached hydrogens (tertiary/aromatic N) is 8. The van der Waals surface area contributed by atoms with Crippen molar-refractivity contribution in [3.8, 4) is 5.82 Å². The molecular weight excluding hydrogens is 452 g/mol. The smallest absolute Gasteiger partial charge is 0.244 e. The minimum absolute atomic E-state index is 0.00702. The molecule has 34 heavy (non-hydrogen) atoms. The molecule has 1 amide bonds. The zero-order chi connectivity index (χ0) is 23.2. The molecule has 174 valence electrons. The molecule has 0 bridgehead atoms. The molecule has 1 aliphatic carbocycles. The number of ether oxygens (including phenoxy) is 1. The maximum absolute atomic E-state index is 13.5. The van der Waals surface area contributed by atoms with Crippen LogP contribution in [0.2, 0.25) is 0 Å². The molecule has 10 nitrogen and oxygen atoms in total. The summed E-state index contributed by atoms with van der Waals surface area (Å²) < 4.78 is 7.76. The fourth-order valence-electron chi connectivity index (χ4n) is 5.35. The lowest BCUT2D eigenvalue weighted by Crippen LogP contribution is -2.60. The summed E-state index contributed by atoms with van der Waals surface area (Å²) in [6.45, 7) is 13.0. The molecule has 0 saturated carbocycles. The Hall–Kier alpha value is -3.20. The highest BCUT2D eigenvalue weighted by atomic mass is 32.1. The second-order valence-corrected chi connectivity index (χ2v) is 9.90. The molecule has 0 aromatic carbocycles.